The van der Waals surface area contributed by atoms with Crippen molar-refractivity contribution >= 4 is 27.6 Å². The van der Waals surface area contributed by atoms with Crippen molar-refractivity contribution in [3.8, 4) is 0 Å². The first kappa shape index (κ1) is 22.8. The molecule has 1 amide bonds. The Labute approximate surface area is 172 Å². The van der Waals surface area contributed by atoms with Crippen LogP contribution in [-0.2, 0) is 14.8 Å². The SMILES string of the molecule is Cc1cc(C)nc(NCCCC(=O)Nc2ccc(S(=O)(=O)NCC(C)C)cc2)n1. The Bertz CT molecular complexity index is 907. The summed E-state index contributed by atoms with van der Waals surface area (Å²) in [6.45, 7) is 8.64. The fourth-order valence-corrected chi connectivity index (χ4v) is 3.77. The summed E-state index contributed by atoms with van der Waals surface area (Å²) in [6.07, 6.45) is 0.946. The van der Waals surface area contributed by atoms with Crippen molar-refractivity contribution in [3.05, 3.63) is 41.7 Å². The average Bonchev–Trinajstić information content (AvgIpc) is 2.63. The molecule has 0 saturated carbocycles. The van der Waals surface area contributed by atoms with Crippen LogP contribution < -0.4 is 15.4 Å². The average molecular weight is 420 g/mol. The number of benzene rings is 1. The van der Waals surface area contributed by atoms with Crippen LogP contribution in [-0.4, -0.2) is 37.4 Å². The number of anilines is 2. The van der Waals surface area contributed by atoms with Gasteiger partial charge in [0.1, 0.15) is 0 Å². The zero-order valence-corrected chi connectivity index (χ0v) is 18.1. The molecule has 0 atom stereocenters. The first-order valence-corrected chi connectivity index (χ1v) is 11.1. The van der Waals surface area contributed by atoms with Gasteiger partial charge in [-0.15, -0.1) is 0 Å². The fraction of sp³-hybridized carbons (Fsp3) is 0.450. The van der Waals surface area contributed by atoms with Crippen LogP contribution in [0.5, 0.6) is 0 Å². The molecule has 0 spiro atoms. The molecule has 0 aliphatic carbocycles. The summed E-state index contributed by atoms with van der Waals surface area (Å²) in [7, 11) is -3.53. The van der Waals surface area contributed by atoms with Gasteiger partial charge < -0.3 is 10.6 Å². The molecule has 2 rings (SSSR count). The molecule has 0 radical (unpaired) electrons. The fourth-order valence-electron chi connectivity index (χ4n) is 2.55. The lowest BCUT2D eigenvalue weighted by Gasteiger charge is -2.10. The van der Waals surface area contributed by atoms with Crippen molar-refractivity contribution in [1.82, 2.24) is 14.7 Å². The standard InChI is InChI=1S/C20H29N5O3S/c1-14(2)13-22-29(27,28)18-9-7-17(8-10-18)25-19(26)6-5-11-21-20-23-15(3)12-16(4)24-20/h7-10,12,14,22H,5-6,11,13H2,1-4H3,(H,25,26)(H,21,23,24). The number of amides is 1. The number of sulfonamides is 1. The van der Waals surface area contributed by atoms with Crippen LogP contribution in [0.4, 0.5) is 11.6 Å². The zero-order valence-electron chi connectivity index (χ0n) is 17.3. The summed E-state index contributed by atoms with van der Waals surface area (Å²) in [5.41, 5.74) is 2.34. The van der Waals surface area contributed by atoms with Gasteiger partial charge in [0.15, 0.2) is 0 Å². The van der Waals surface area contributed by atoms with Gasteiger partial charge in [-0.3, -0.25) is 4.79 Å². The van der Waals surface area contributed by atoms with Crippen LogP contribution in [0, 0.1) is 19.8 Å². The maximum atomic E-state index is 12.2. The van der Waals surface area contributed by atoms with E-state index in [4.69, 9.17) is 0 Å². The Hall–Kier alpha value is -2.52. The van der Waals surface area contributed by atoms with E-state index in [9.17, 15) is 13.2 Å². The van der Waals surface area contributed by atoms with Crippen LogP contribution in [0.25, 0.3) is 0 Å². The summed E-state index contributed by atoms with van der Waals surface area (Å²) in [6, 6.07) is 8.04. The lowest BCUT2D eigenvalue weighted by molar-refractivity contribution is -0.116. The number of aromatic nitrogens is 2. The molecule has 0 unspecified atom stereocenters. The third kappa shape index (κ3) is 7.78. The highest BCUT2D eigenvalue weighted by Crippen LogP contribution is 2.14. The number of hydrogen-bond acceptors (Lipinski definition) is 6. The predicted octanol–water partition coefficient (Wildman–Crippen LogP) is 2.86. The van der Waals surface area contributed by atoms with Crippen LogP contribution in [0.3, 0.4) is 0 Å². The Morgan fingerprint density at radius 3 is 2.28 bits per heavy atom. The third-order valence-electron chi connectivity index (χ3n) is 3.98. The number of carbonyl (C=O) groups is 1. The summed E-state index contributed by atoms with van der Waals surface area (Å²) >= 11 is 0. The van der Waals surface area contributed by atoms with E-state index in [1.54, 1.807) is 12.1 Å². The lowest BCUT2D eigenvalue weighted by Crippen LogP contribution is -2.27. The second kappa shape index (κ2) is 10.3. The Kier molecular flexibility index (Phi) is 8.10. The molecule has 1 aromatic heterocycles. The van der Waals surface area contributed by atoms with Crippen LogP contribution >= 0.6 is 0 Å². The van der Waals surface area contributed by atoms with Gasteiger partial charge in [-0.05, 0) is 56.5 Å². The van der Waals surface area contributed by atoms with Crippen molar-refractivity contribution in [1.29, 1.82) is 0 Å². The van der Waals surface area contributed by atoms with E-state index >= 15 is 0 Å². The van der Waals surface area contributed by atoms with E-state index in [2.05, 4.69) is 25.3 Å². The van der Waals surface area contributed by atoms with Crippen molar-refractivity contribution in [2.24, 2.45) is 5.92 Å². The highest BCUT2D eigenvalue weighted by Gasteiger charge is 2.14. The van der Waals surface area contributed by atoms with Crippen LogP contribution in [0.15, 0.2) is 35.2 Å². The Morgan fingerprint density at radius 1 is 1.07 bits per heavy atom. The van der Waals surface area contributed by atoms with Crippen LogP contribution in [0.2, 0.25) is 0 Å². The Balaban J connectivity index is 1.78. The summed E-state index contributed by atoms with van der Waals surface area (Å²) in [4.78, 5) is 20.8. The van der Waals surface area contributed by atoms with Crippen molar-refractivity contribution in [2.45, 2.75) is 45.4 Å². The van der Waals surface area contributed by atoms with Gasteiger partial charge in [0, 0.05) is 36.6 Å². The third-order valence-corrected chi connectivity index (χ3v) is 5.42. The molecule has 0 aliphatic heterocycles. The van der Waals surface area contributed by atoms with Gasteiger partial charge in [0.25, 0.3) is 0 Å². The molecule has 2 aromatic rings. The summed E-state index contributed by atoms with van der Waals surface area (Å²) in [5.74, 6) is 0.645. The number of aryl methyl sites for hydroxylation is 2. The first-order valence-electron chi connectivity index (χ1n) is 9.61. The normalized spacial score (nSPS) is 11.5. The lowest BCUT2D eigenvalue weighted by atomic mass is 10.2. The minimum Gasteiger partial charge on any atom is -0.354 e. The van der Waals surface area contributed by atoms with E-state index in [1.165, 1.54) is 12.1 Å². The molecular weight excluding hydrogens is 390 g/mol. The topological polar surface area (TPSA) is 113 Å². The molecule has 0 aliphatic rings. The summed E-state index contributed by atoms with van der Waals surface area (Å²) < 4.78 is 26.9. The quantitative estimate of drug-likeness (QED) is 0.511. The molecule has 0 saturated heterocycles. The molecule has 0 bridgehead atoms. The predicted molar refractivity (Wildman–Crippen MR) is 114 cm³/mol. The van der Waals surface area contributed by atoms with E-state index in [0.717, 1.165) is 11.4 Å². The monoisotopic (exact) mass is 419 g/mol. The van der Waals surface area contributed by atoms with Gasteiger partial charge >= 0.3 is 0 Å². The molecule has 0 fully saturated rings. The van der Waals surface area contributed by atoms with Crippen molar-refractivity contribution in [2.75, 3.05) is 23.7 Å². The van der Waals surface area contributed by atoms with Crippen LogP contribution in [0.1, 0.15) is 38.1 Å². The van der Waals surface area contributed by atoms with E-state index in [-0.39, 0.29) is 16.7 Å². The van der Waals surface area contributed by atoms with Gasteiger partial charge in [-0.1, -0.05) is 13.8 Å². The number of carbonyl (C=O) groups excluding carboxylic acids is 1. The molecule has 8 nitrogen and oxygen atoms in total. The summed E-state index contributed by atoms with van der Waals surface area (Å²) in [5, 5.41) is 5.89. The molecule has 3 N–H and O–H groups in total. The molecular formula is C20H29N5O3S. The van der Waals surface area contributed by atoms with Crippen molar-refractivity contribution in [3.63, 3.8) is 0 Å². The minimum absolute atomic E-state index is 0.137. The van der Waals surface area contributed by atoms with Gasteiger partial charge in [-0.25, -0.2) is 23.1 Å². The number of hydrogen-bond donors (Lipinski definition) is 3. The van der Waals surface area contributed by atoms with Gasteiger partial charge in [-0.2, -0.15) is 0 Å². The van der Waals surface area contributed by atoms with Crippen molar-refractivity contribution < 1.29 is 13.2 Å². The highest BCUT2D eigenvalue weighted by molar-refractivity contribution is 7.89. The first-order chi connectivity index (χ1) is 13.7. The zero-order chi connectivity index (χ0) is 21.4. The number of nitrogens with zero attached hydrogens (tertiary/aromatic N) is 2. The number of nitrogens with one attached hydrogen (secondary N) is 3. The molecule has 158 valence electrons. The van der Waals surface area contributed by atoms with Gasteiger partial charge in [0.2, 0.25) is 21.9 Å². The second-order valence-electron chi connectivity index (χ2n) is 7.32. The molecule has 9 heteroatoms. The van der Waals surface area contributed by atoms with E-state index in [0.29, 0.717) is 37.6 Å². The van der Waals surface area contributed by atoms with Gasteiger partial charge in [0.05, 0.1) is 4.90 Å². The highest BCUT2D eigenvalue weighted by atomic mass is 32.2. The second-order valence-corrected chi connectivity index (χ2v) is 9.09. The van der Waals surface area contributed by atoms with E-state index < -0.39 is 10.0 Å². The number of rotatable bonds is 10. The molecule has 29 heavy (non-hydrogen) atoms. The minimum atomic E-state index is -3.53. The maximum absolute atomic E-state index is 12.2. The Morgan fingerprint density at radius 2 is 1.69 bits per heavy atom. The largest absolute Gasteiger partial charge is 0.354 e. The molecule has 1 aromatic carbocycles. The molecule has 1 heterocycles. The maximum Gasteiger partial charge on any atom is 0.240 e. The smallest absolute Gasteiger partial charge is 0.240 e. The van der Waals surface area contributed by atoms with E-state index in [1.807, 2.05) is 33.8 Å².